The molecule has 0 saturated carbocycles. The van der Waals surface area contributed by atoms with Crippen molar-refractivity contribution in [1.29, 1.82) is 0 Å². The minimum atomic E-state index is -0.463. The van der Waals surface area contributed by atoms with E-state index in [1.54, 1.807) is 18.4 Å². The molecule has 27 heavy (non-hydrogen) atoms. The Kier molecular flexibility index (Phi) is 5.75. The van der Waals surface area contributed by atoms with E-state index in [0.29, 0.717) is 17.0 Å². The van der Waals surface area contributed by atoms with Crippen LogP contribution >= 0.6 is 11.8 Å². The van der Waals surface area contributed by atoms with Gasteiger partial charge in [-0.2, -0.15) is 0 Å². The number of nitro groups is 1. The zero-order chi connectivity index (χ0) is 19.4. The molecule has 0 aliphatic carbocycles. The van der Waals surface area contributed by atoms with E-state index in [2.05, 4.69) is 14.9 Å². The van der Waals surface area contributed by atoms with Gasteiger partial charge in [-0.05, 0) is 43.9 Å². The van der Waals surface area contributed by atoms with E-state index in [0.717, 1.165) is 29.8 Å². The molecule has 1 N–H and O–H groups in total. The molecule has 0 bridgehead atoms. The number of para-hydroxylation sites is 2. The average molecular weight is 384 g/mol. The zero-order valence-corrected chi connectivity index (χ0v) is 16.0. The van der Waals surface area contributed by atoms with Gasteiger partial charge in [-0.25, -0.2) is 4.98 Å². The quantitative estimate of drug-likeness (QED) is 0.290. The second-order valence-electron chi connectivity index (χ2n) is 6.05. The third kappa shape index (κ3) is 4.11. The van der Waals surface area contributed by atoms with Crippen molar-refractivity contribution in [2.75, 3.05) is 12.8 Å². The predicted molar refractivity (Wildman–Crippen MR) is 106 cm³/mol. The van der Waals surface area contributed by atoms with Gasteiger partial charge in [0, 0.05) is 24.7 Å². The largest absolute Gasteiger partial charge is 0.352 e. The molecule has 0 unspecified atom stereocenters. The fourth-order valence-electron chi connectivity index (χ4n) is 2.99. The Balaban J connectivity index is 1.60. The maximum atomic E-state index is 12.3. The van der Waals surface area contributed by atoms with Gasteiger partial charge in [-0.3, -0.25) is 14.9 Å². The lowest BCUT2D eigenvalue weighted by Crippen LogP contribution is -2.25. The topological polar surface area (TPSA) is 90.1 Å². The van der Waals surface area contributed by atoms with Gasteiger partial charge >= 0.3 is 0 Å². The van der Waals surface area contributed by atoms with Crippen LogP contribution in [-0.4, -0.2) is 33.2 Å². The van der Waals surface area contributed by atoms with Crippen LogP contribution in [-0.2, 0) is 6.54 Å². The summed E-state index contributed by atoms with van der Waals surface area (Å²) >= 11 is 1.28. The molecular weight excluding hydrogens is 364 g/mol. The number of nitrogens with one attached hydrogen (secondary N) is 1. The van der Waals surface area contributed by atoms with E-state index >= 15 is 0 Å². The van der Waals surface area contributed by atoms with Crippen molar-refractivity contribution in [2.45, 2.75) is 24.8 Å². The monoisotopic (exact) mass is 384 g/mol. The van der Waals surface area contributed by atoms with Gasteiger partial charge < -0.3 is 9.88 Å². The number of carbonyl (C=O) groups is 1. The number of hydrogen-bond donors (Lipinski definition) is 1. The molecule has 7 nitrogen and oxygen atoms in total. The van der Waals surface area contributed by atoms with Crippen molar-refractivity contribution in [2.24, 2.45) is 0 Å². The first-order valence-corrected chi connectivity index (χ1v) is 9.76. The number of nitro benzene ring substituents is 1. The molecule has 0 spiro atoms. The van der Waals surface area contributed by atoms with Gasteiger partial charge in [-0.1, -0.05) is 12.1 Å². The lowest BCUT2D eigenvalue weighted by molar-refractivity contribution is -0.387. The molecule has 1 heterocycles. The lowest BCUT2D eigenvalue weighted by Gasteiger charge is -2.09. The molecule has 0 aliphatic rings. The first-order valence-electron chi connectivity index (χ1n) is 8.53. The summed E-state index contributed by atoms with van der Waals surface area (Å²) < 4.78 is 2.12. The standard InChI is InChI=1S/C19H20N4O3S/c1-13-21-15-6-3-4-7-16(15)22(13)11-5-10-20-19(24)14-8-9-18(27-2)17(12-14)23(25)26/h3-4,6-9,12H,5,10-11H2,1-2H3,(H,20,24). The van der Waals surface area contributed by atoms with Gasteiger partial charge in [0.25, 0.3) is 11.6 Å². The van der Waals surface area contributed by atoms with E-state index in [1.165, 1.54) is 17.8 Å². The predicted octanol–water partition coefficient (Wildman–Crippen LogP) is 3.79. The second-order valence-corrected chi connectivity index (χ2v) is 6.90. The van der Waals surface area contributed by atoms with Crippen LogP contribution in [0.3, 0.4) is 0 Å². The molecule has 8 heteroatoms. The number of imidazole rings is 1. The van der Waals surface area contributed by atoms with Crippen LogP contribution in [0.15, 0.2) is 47.4 Å². The van der Waals surface area contributed by atoms with Crippen molar-refractivity contribution in [1.82, 2.24) is 14.9 Å². The fraction of sp³-hybridized carbons (Fsp3) is 0.263. The fourth-order valence-corrected chi connectivity index (χ4v) is 3.54. The number of amides is 1. The highest BCUT2D eigenvalue weighted by Crippen LogP contribution is 2.28. The molecular formula is C19H20N4O3S. The number of fused-ring (bicyclic) bond motifs is 1. The maximum absolute atomic E-state index is 12.3. The number of nitrogens with zero attached hydrogens (tertiary/aromatic N) is 3. The number of aromatic nitrogens is 2. The smallest absolute Gasteiger partial charge is 0.283 e. The Morgan fingerprint density at radius 1 is 1.30 bits per heavy atom. The van der Waals surface area contributed by atoms with Gasteiger partial charge in [0.05, 0.1) is 20.9 Å². The van der Waals surface area contributed by atoms with E-state index in [9.17, 15) is 14.9 Å². The number of aryl methyl sites for hydroxylation is 2. The Bertz CT molecular complexity index is 1000. The number of carbonyl (C=O) groups excluding carboxylic acids is 1. The van der Waals surface area contributed by atoms with Gasteiger partial charge in [0.15, 0.2) is 0 Å². The van der Waals surface area contributed by atoms with E-state index in [4.69, 9.17) is 0 Å². The van der Waals surface area contributed by atoms with Crippen LogP contribution in [0.25, 0.3) is 11.0 Å². The van der Waals surface area contributed by atoms with Crippen LogP contribution in [0.4, 0.5) is 5.69 Å². The molecule has 0 atom stereocenters. The molecule has 1 amide bonds. The molecule has 2 aromatic carbocycles. The van der Waals surface area contributed by atoms with Crippen LogP contribution in [0.5, 0.6) is 0 Å². The first kappa shape index (κ1) is 18.9. The highest BCUT2D eigenvalue weighted by Gasteiger charge is 2.16. The second kappa shape index (κ2) is 8.22. The van der Waals surface area contributed by atoms with Crippen molar-refractivity contribution in [3.63, 3.8) is 0 Å². The molecule has 140 valence electrons. The van der Waals surface area contributed by atoms with Gasteiger partial charge in [0.2, 0.25) is 0 Å². The van der Waals surface area contributed by atoms with E-state index in [1.807, 2.05) is 31.2 Å². The lowest BCUT2D eigenvalue weighted by atomic mass is 10.2. The van der Waals surface area contributed by atoms with Crippen LogP contribution in [0, 0.1) is 17.0 Å². The number of benzene rings is 2. The van der Waals surface area contributed by atoms with Crippen molar-refractivity contribution in [3.8, 4) is 0 Å². The molecule has 1 aromatic heterocycles. The van der Waals surface area contributed by atoms with Crippen LogP contribution < -0.4 is 5.32 Å². The summed E-state index contributed by atoms with van der Waals surface area (Å²) in [6.45, 7) is 3.17. The summed E-state index contributed by atoms with van der Waals surface area (Å²) in [6.07, 6.45) is 2.50. The summed E-state index contributed by atoms with van der Waals surface area (Å²) in [4.78, 5) is 28.0. The summed E-state index contributed by atoms with van der Waals surface area (Å²) in [6, 6.07) is 12.5. The average Bonchev–Trinajstić information content (AvgIpc) is 2.99. The number of hydrogen-bond acceptors (Lipinski definition) is 5. The zero-order valence-electron chi connectivity index (χ0n) is 15.1. The minimum Gasteiger partial charge on any atom is -0.352 e. The van der Waals surface area contributed by atoms with Crippen LogP contribution in [0.2, 0.25) is 0 Å². The normalized spacial score (nSPS) is 10.9. The summed E-state index contributed by atoms with van der Waals surface area (Å²) in [5, 5.41) is 14.0. The summed E-state index contributed by atoms with van der Waals surface area (Å²) in [5.74, 6) is 0.628. The third-order valence-corrected chi connectivity index (χ3v) is 5.11. The van der Waals surface area contributed by atoms with E-state index in [-0.39, 0.29) is 11.6 Å². The summed E-state index contributed by atoms with van der Waals surface area (Å²) in [5.41, 5.74) is 2.28. The number of rotatable bonds is 7. The molecule has 0 radical (unpaired) electrons. The van der Waals surface area contributed by atoms with Crippen molar-refractivity contribution >= 4 is 34.4 Å². The summed E-state index contributed by atoms with van der Waals surface area (Å²) in [7, 11) is 0. The minimum absolute atomic E-state index is 0.0457. The first-order chi connectivity index (χ1) is 13.0. The third-order valence-electron chi connectivity index (χ3n) is 4.33. The van der Waals surface area contributed by atoms with E-state index < -0.39 is 4.92 Å². The van der Waals surface area contributed by atoms with Gasteiger partial charge in [0.1, 0.15) is 5.82 Å². The Morgan fingerprint density at radius 2 is 2.07 bits per heavy atom. The van der Waals surface area contributed by atoms with Crippen molar-refractivity contribution < 1.29 is 9.72 Å². The molecule has 0 fully saturated rings. The molecule has 0 aliphatic heterocycles. The molecule has 3 rings (SSSR count). The van der Waals surface area contributed by atoms with Crippen LogP contribution in [0.1, 0.15) is 22.6 Å². The molecule has 3 aromatic rings. The Labute approximate surface area is 160 Å². The SMILES string of the molecule is CSc1ccc(C(=O)NCCCn2c(C)nc3ccccc32)cc1[N+](=O)[O-]. The Hall–Kier alpha value is -2.87. The number of thioether (sulfide) groups is 1. The van der Waals surface area contributed by atoms with Crippen molar-refractivity contribution in [3.05, 3.63) is 64.0 Å². The highest BCUT2D eigenvalue weighted by molar-refractivity contribution is 7.98. The Morgan fingerprint density at radius 3 is 2.81 bits per heavy atom. The highest BCUT2D eigenvalue weighted by atomic mass is 32.2. The van der Waals surface area contributed by atoms with Gasteiger partial charge in [-0.15, -0.1) is 11.8 Å². The molecule has 0 saturated heterocycles. The maximum Gasteiger partial charge on any atom is 0.283 e.